The molecule has 0 aliphatic carbocycles. The van der Waals surface area contributed by atoms with Crippen LogP contribution < -0.4 is 5.32 Å². The van der Waals surface area contributed by atoms with Crippen LogP contribution in [0.4, 0.5) is 0 Å². The van der Waals surface area contributed by atoms with Crippen molar-refractivity contribution in [1.82, 2.24) is 15.1 Å². The number of likely N-dealkylation sites (tertiary alicyclic amines) is 2. The van der Waals surface area contributed by atoms with E-state index in [-0.39, 0.29) is 0 Å². The lowest BCUT2D eigenvalue weighted by molar-refractivity contribution is 0.0845. The number of hydrogen-bond acceptors (Lipinski definition) is 3. The second-order valence-corrected chi connectivity index (χ2v) is 8.48. The number of nitrogens with zero attached hydrogens (tertiary/aromatic N) is 2. The topological polar surface area (TPSA) is 18.5 Å². The molecular weight excluding hydrogens is 294 g/mol. The highest BCUT2D eigenvalue weighted by Gasteiger charge is 2.41. The van der Waals surface area contributed by atoms with Crippen molar-refractivity contribution >= 4 is 0 Å². The van der Waals surface area contributed by atoms with E-state index in [1.54, 1.807) is 0 Å². The molecule has 1 spiro atoms. The Balaban J connectivity index is 1.31. The van der Waals surface area contributed by atoms with Crippen molar-refractivity contribution in [3.63, 3.8) is 0 Å². The van der Waals surface area contributed by atoms with Gasteiger partial charge in [0, 0.05) is 26.2 Å². The van der Waals surface area contributed by atoms with Crippen LogP contribution in [0.15, 0.2) is 30.3 Å². The van der Waals surface area contributed by atoms with Gasteiger partial charge in [-0.1, -0.05) is 30.3 Å². The van der Waals surface area contributed by atoms with Crippen LogP contribution in [0.2, 0.25) is 0 Å². The first-order valence-electron chi connectivity index (χ1n) is 10.0. The van der Waals surface area contributed by atoms with Crippen molar-refractivity contribution in [1.29, 1.82) is 0 Å². The molecule has 1 atom stereocenters. The summed E-state index contributed by atoms with van der Waals surface area (Å²) in [5.74, 6) is 0.936. The van der Waals surface area contributed by atoms with E-state index in [2.05, 4.69) is 45.4 Å². The van der Waals surface area contributed by atoms with Gasteiger partial charge in [0.1, 0.15) is 0 Å². The minimum Gasteiger partial charge on any atom is -0.317 e. The minimum atomic E-state index is 0.583. The Hall–Kier alpha value is -0.900. The predicted molar refractivity (Wildman–Crippen MR) is 100 cm³/mol. The number of nitrogens with one attached hydrogen (secondary N) is 1. The van der Waals surface area contributed by atoms with Gasteiger partial charge in [-0.2, -0.15) is 0 Å². The molecule has 3 saturated heterocycles. The van der Waals surface area contributed by atoms with E-state index in [0.29, 0.717) is 5.41 Å². The maximum Gasteiger partial charge on any atom is 0.0233 e. The molecule has 0 saturated carbocycles. The first-order valence-corrected chi connectivity index (χ1v) is 10.0. The van der Waals surface area contributed by atoms with Gasteiger partial charge in [-0.15, -0.1) is 0 Å². The van der Waals surface area contributed by atoms with Gasteiger partial charge in [0.25, 0.3) is 0 Å². The molecule has 24 heavy (non-hydrogen) atoms. The highest BCUT2D eigenvalue weighted by atomic mass is 15.2. The van der Waals surface area contributed by atoms with Crippen LogP contribution in [0.3, 0.4) is 0 Å². The lowest BCUT2D eigenvalue weighted by Crippen LogP contribution is -2.45. The van der Waals surface area contributed by atoms with Crippen LogP contribution in [0.1, 0.15) is 37.7 Å². The highest BCUT2D eigenvalue weighted by Crippen LogP contribution is 2.39. The van der Waals surface area contributed by atoms with Crippen molar-refractivity contribution in [2.75, 3.05) is 45.8 Å². The summed E-state index contributed by atoms with van der Waals surface area (Å²) in [5, 5.41) is 3.50. The monoisotopic (exact) mass is 327 g/mol. The second kappa shape index (κ2) is 7.55. The zero-order valence-electron chi connectivity index (χ0n) is 15.1. The van der Waals surface area contributed by atoms with Crippen LogP contribution >= 0.6 is 0 Å². The van der Waals surface area contributed by atoms with E-state index in [0.717, 1.165) is 12.5 Å². The normalized spacial score (nSPS) is 30.2. The van der Waals surface area contributed by atoms with Gasteiger partial charge in [-0.05, 0) is 75.2 Å². The Labute approximate surface area is 147 Å². The van der Waals surface area contributed by atoms with Gasteiger partial charge in [0.15, 0.2) is 0 Å². The van der Waals surface area contributed by atoms with E-state index < -0.39 is 0 Å². The molecule has 3 heteroatoms. The van der Waals surface area contributed by atoms with Gasteiger partial charge in [0.2, 0.25) is 0 Å². The van der Waals surface area contributed by atoms with E-state index in [1.807, 2.05) is 0 Å². The number of rotatable bonds is 4. The number of hydrogen-bond donors (Lipinski definition) is 1. The highest BCUT2D eigenvalue weighted by molar-refractivity contribution is 5.14. The van der Waals surface area contributed by atoms with Crippen molar-refractivity contribution < 1.29 is 0 Å². The summed E-state index contributed by atoms with van der Waals surface area (Å²) in [7, 11) is 0. The molecule has 1 aromatic rings. The van der Waals surface area contributed by atoms with Crippen LogP contribution in [-0.4, -0.2) is 55.6 Å². The third kappa shape index (κ3) is 4.01. The third-order valence-corrected chi connectivity index (χ3v) is 6.48. The Morgan fingerprint density at radius 2 is 1.75 bits per heavy atom. The maximum absolute atomic E-state index is 3.50. The van der Waals surface area contributed by atoms with E-state index >= 15 is 0 Å². The van der Waals surface area contributed by atoms with E-state index in [4.69, 9.17) is 0 Å². The molecule has 3 nitrogen and oxygen atoms in total. The second-order valence-electron chi connectivity index (χ2n) is 8.48. The lowest BCUT2D eigenvalue weighted by Gasteiger charge is -2.41. The van der Waals surface area contributed by atoms with Crippen LogP contribution in [-0.2, 0) is 6.54 Å². The van der Waals surface area contributed by atoms with Gasteiger partial charge >= 0.3 is 0 Å². The summed E-state index contributed by atoms with van der Waals surface area (Å²) in [5.41, 5.74) is 2.05. The van der Waals surface area contributed by atoms with Gasteiger partial charge in [-0.25, -0.2) is 0 Å². The van der Waals surface area contributed by atoms with E-state index in [1.165, 1.54) is 83.5 Å². The van der Waals surface area contributed by atoms with Gasteiger partial charge in [-0.3, -0.25) is 4.90 Å². The molecule has 0 aromatic heterocycles. The first-order chi connectivity index (χ1) is 11.8. The van der Waals surface area contributed by atoms with Crippen LogP contribution in [0, 0.1) is 11.3 Å². The average Bonchev–Trinajstić information content (AvgIpc) is 2.98. The molecular formula is C21H33N3. The van der Waals surface area contributed by atoms with Gasteiger partial charge < -0.3 is 10.2 Å². The fourth-order valence-electron chi connectivity index (χ4n) is 5.23. The standard InChI is InChI=1S/C21H33N3/c1-2-5-19(6-3-1)15-23-13-4-9-21(17-23)10-14-24(18-21)16-20-7-11-22-12-8-20/h1-3,5-6,20,22H,4,7-18H2. The third-order valence-electron chi connectivity index (χ3n) is 6.48. The zero-order chi connectivity index (χ0) is 16.2. The molecule has 3 fully saturated rings. The molecule has 0 radical (unpaired) electrons. The Bertz CT molecular complexity index is 511. The Morgan fingerprint density at radius 3 is 2.58 bits per heavy atom. The maximum atomic E-state index is 3.50. The average molecular weight is 328 g/mol. The quantitative estimate of drug-likeness (QED) is 0.917. The molecule has 132 valence electrons. The largest absolute Gasteiger partial charge is 0.317 e. The first kappa shape index (κ1) is 16.6. The van der Waals surface area contributed by atoms with Crippen molar-refractivity contribution in [2.45, 2.75) is 38.6 Å². The smallest absolute Gasteiger partial charge is 0.0233 e. The Morgan fingerprint density at radius 1 is 0.958 bits per heavy atom. The van der Waals surface area contributed by atoms with E-state index in [9.17, 15) is 0 Å². The number of benzene rings is 1. The summed E-state index contributed by atoms with van der Waals surface area (Å²) in [6.45, 7) is 10.2. The molecule has 1 aromatic carbocycles. The lowest BCUT2D eigenvalue weighted by atomic mass is 9.79. The summed E-state index contributed by atoms with van der Waals surface area (Å²) in [6, 6.07) is 11.0. The zero-order valence-corrected chi connectivity index (χ0v) is 15.1. The molecule has 0 amide bonds. The molecule has 1 N–H and O–H groups in total. The summed E-state index contributed by atoms with van der Waals surface area (Å²) in [6.07, 6.45) is 7.01. The van der Waals surface area contributed by atoms with Gasteiger partial charge in [0.05, 0.1) is 0 Å². The SMILES string of the molecule is c1ccc(CN2CCCC3(CCN(CC4CCNCC4)C3)C2)cc1. The molecule has 1 unspecified atom stereocenters. The van der Waals surface area contributed by atoms with Crippen molar-refractivity contribution in [3.8, 4) is 0 Å². The summed E-state index contributed by atoms with van der Waals surface area (Å²) >= 11 is 0. The summed E-state index contributed by atoms with van der Waals surface area (Å²) < 4.78 is 0. The molecule has 3 aliphatic rings. The predicted octanol–water partition coefficient (Wildman–Crippen LogP) is 2.97. The van der Waals surface area contributed by atoms with Crippen LogP contribution in [0.5, 0.6) is 0 Å². The van der Waals surface area contributed by atoms with Crippen molar-refractivity contribution in [2.24, 2.45) is 11.3 Å². The molecule has 4 rings (SSSR count). The molecule has 3 aliphatic heterocycles. The molecule has 3 heterocycles. The minimum absolute atomic E-state index is 0.583. The van der Waals surface area contributed by atoms with Crippen LogP contribution in [0.25, 0.3) is 0 Å². The summed E-state index contributed by atoms with van der Waals surface area (Å²) in [4.78, 5) is 5.51. The van der Waals surface area contributed by atoms with Crippen molar-refractivity contribution in [3.05, 3.63) is 35.9 Å². The molecule has 0 bridgehead atoms. The fraction of sp³-hybridized carbons (Fsp3) is 0.714. The fourth-order valence-corrected chi connectivity index (χ4v) is 5.23. The Kier molecular flexibility index (Phi) is 5.21. The number of piperidine rings is 2.